The summed E-state index contributed by atoms with van der Waals surface area (Å²) in [5, 5.41) is 3.18. The van der Waals surface area contributed by atoms with Gasteiger partial charge in [-0.25, -0.2) is 9.37 Å². The number of halogens is 2. The first-order chi connectivity index (χ1) is 8.56. The average molecular weight is 282 g/mol. The van der Waals surface area contributed by atoms with E-state index in [4.69, 9.17) is 29.6 Å². The van der Waals surface area contributed by atoms with Crippen molar-refractivity contribution < 1.29 is 4.39 Å². The standard InChI is InChI=1S/C12H9ClFN3S/c13-8-2-3-10(9(14)5-8)17-11-4-1-7(6-16-11)12(15)18/h1-6H,(H2,15,18)(H,16,17). The van der Waals surface area contributed by atoms with Crippen molar-refractivity contribution in [2.45, 2.75) is 0 Å². The minimum absolute atomic E-state index is 0.270. The van der Waals surface area contributed by atoms with Crippen LogP contribution >= 0.6 is 23.8 Å². The highest BCUT2D eigenvalue weighted by Crippen LogP contribution is 2.21. The molecule has 0 fully saturated rings. The molecule has 18 heavy (non-hydrogen) atoms. The Hall–Kier alpha value is -1.72. The summed E-state index contributed by atoms with van der Waals surface area (Å²) in [6, 6.07) is 7.75. The zero-order valence-electron chi connectivity index (χ0n) is 9.15. The molecule has 0 aliphatic carbocycles. The summed E-state index contributed by atoms with van der Waals surface area (Å²) in [7, 11) is 0. The van der Waals surface area contributed by atoms with Crippen molar-refractivity contribution in [1.29, 1.82) is 0 Å². The van der Waals surface area contributed by atoms with E-state index in [0.717, 1.165) is 0 Å². The Labute approximate surface area is 114 Å². The van der Waals surface area contributed by atoms with Crippen molar-refractivity contribution >= 4 is 40.3 Å². The van der Waals surface area contributed by atoms with E-state index in [2.05, 4.69) is 10.3 Å². The molecule has 2 aromatic rings. The normalized spacial score (nSPS) is 10.1. The molecule has 3 nitrogen and oxygen atoms in total. The second kappa shape index (κ2) is 5.29. The molecular weight excluding hydrogens is 273 g/mol. The maximum absolute atomic E-state index is 13.5. The van der Waals surface area contributed by atoms with Crippen molar-refractivity contribution in [3.8, 4) is 0 Å². The average Bonchev–Trinajstić information content (AvgIpc) is 2.33. The third kappa shape index (κ3) is 2.94. The van der Waals surface area contributed by atoms with Crippen LogP contribution in [-0.2, 0) is 0 Å². The van der Waals surface area contributed by atoms with E-state index in [0.29, 0.717) is 22.1 Å². The van der Waals surface area contributed by atoms with Gasteiger partial charge in [0.2, 0.25) is 0 Å². The Bertz CT molecular complexity index is 586. The van der Waals surface area contributed by atoms with Gasteiger partial charge in [-0.1, -0.05) is 23.8 Å². The van der Waals surface area contributed by atoms with Crippen LogP contribution in [0.5, 0.6) is 0 Å². The fourth-order valence-corrected chi connectivity index (χ4v) is 1.62. The molecule has 0 bridgehead atoms. The molecule has 0 aliphatic rings. The van der Waals surface area contributed by atoms with Gasteiger partial charge in [-0.15, -0.1) is 0 Å². The summed E-state index contributed by atoms with van der Waals surface area (Å²) in [5.41, 5.74) is 6.41. The van der Waals surface area contributed by atoms with Crippen LogP contribution in [0.2, 0.25) is 5.02 Å². The van der Waals surface area contributed by atoms with Gasteiger partial charge in [0.1, 0.15) is 16.6 Å². The molecule has 2 rings (SSSR count). The number of anilines is 2. The molecule has 92 valence electrons. The Kier molecular flexibility index (Phi) is 3.74. The highest BCUT2D eigenvalue weighted by atomic mass is 35.5. The van der Waals surface area contributed by atoms with Crippen LogP contribution in [0.15, 0.2) is 36.5 Å². The molecule has 0 spiro atoms. The summed E-state index contributed by atoms with van der Waals surface area (Å²) < 4.78 is 13.5. The van der Waals surface area contributed by atoms with Gasteiger partial charge in [0.25, 0.3) is 0 Å². The molecular formula is C12H9ClFN3S. The number of aromatic nitrogens is 1. The van der Waals surface area contributed by atoms with E-state index in [9.17, 15) is 4.39 Å². The highest BCUT2D eigenvalue weighted by molar-refractivity contribution is 7.80. The zero-order valence-corrected chi connectivity index (χ0v) is 10.7. The number of pyridine rings is 1. The molecule has 0 saturated heterocycles. The van der Waals surface area contributed by atoms with Gasteiger partial charge in [0, 0.05) is 16.8 Å². The first-order valence-electron chi connectivity index (χ1n) is 5.04. The summed E-state index contributed by atoms with van der Waals surface area (Å²) in [6.45, 7) is 0. The van der Waals surface area contributed by atoms with Crippen molar-refractivity contribution in [3.05, 3.63) is 52.9 Å². The smallest absolute Gasteiger partial charge is 0.148 e. The predicted molar refractivity (Wildman–Crippen MR) is 74.8 cm³/mol. The SMILES string of the molecule is NC(=S)c1ccc(Nc2ccc(Cl)cc2F)nc1. The van der Waals surface area contributed by atoms with Crippen LogP contribution in [0.25, 0.3) is 0 Å². The monoisotopic (exact) mass is 281 g/mol. The van der Waals surface area contributed by atoms with E-state index in [-0.39, 0.29) is 4.99 Å². The van der Waals surface area contributed by atoms with Crippen LogP contribution in [0, 0.1) is 5.82 Å². The van der Waals surface area contributed by atoms with Crippen molar-refractivity contribution in [1.82, 2.24) is 4.98 Å². The fraction of sp³-hybridized carbons (Fsp3) is 0. The van der Waals surface area contributed by atoms with E-state index in [1.165, 1.54) is 12.3 Å². The minimum atomic E-state index is -0.442. The summed E-state index contributed by atoms with van der Waals surface area (Å²) in [4.78, 5) is 4.35. The number of nitrogens with two attached hydrogens (primary N) is 1. The first kappa shape index (κ1) is 12.7. The third-order valence-electron chi connectivity index (χ3n) is 2.24. The predicted octanol–water partition coefficient (Wildman–Crippen LogP) is 3.25. The molecule has 0 unspecified atom stereocenters. The number of nitrogens with zero attached hydrogens (tertiary/aromatic N) is 1. The lowest BCUT2D eigenvalue weighted by atomic mass is 10.2. The molecule has 0 amide bonds. The molecule has 0 radical (unpaired) electrons. The number of nitrogens with one attached hydrogen (secondary N) is 1. The number of hydrogen-bond acceptors (Lipinski definition) is 3. The van der Waals surface area contributed by atoms with E-state index in [1.807, 2.05) is 0 Å². The van der Waals surface area contributed by atoms with Gasteiger partial charge in [-0.2, -0.15) is 0 Å². The molecule has 0 saturated carbocycles. The Morgan fingerprint density at radius 2 is 2.11 bits per heavy atom. The van der Waals surface area contributed by atoms with Gasteiger partial charge in [-0.3, -0.25) is 0 Å². The lowest BCUT2D eigenvalue weighted by molar-refractivity contribution is 0.632. The number of thiocarbonyl (C=S) groups is 1. The van der Waals surface area contributed by atoms with Crippen LogP contribution in [0.3, 0.4) is 0 Å². The summed E-state index contributed by atoms with van der Waals surface area (Å²) in [6.07, 6.45) is 1.53. The number of rotatable bonds is 3. The maximum Gasteiger partial charge on any atom is 0.148 e. The second-order valence-corrected chi connectivity index (χ2v) is 4.42. The zero-order chi connectivity index (χ0) is 13.1. The van der Waals surface area contributed by atoms with Gasteiger partial charge < -0.3 is 11.1 Å². The fourth-order valence-electron chi connectivity index (χ4n) is 1.34. The summed E-state index contributed by atoms with van der Waals surface area (Å²) in [5.74, 6) is 0.0546. The summed E-state index contributed by atoms with van der Waals surface area (Å²) >= 11 is 10.5. The Morgan fingerprint density at radius 3 is 2.67 bits per heavy atom. The Morgan fingerprint density at radius 1 is 1.33 bits per heavy atom. The van der Waals surface area contributed by atoms with E-state index in [1.54, 1.807) is 24.3 Å². The molecule has 1 aromatic carbocycles. The van der Waals surface area contributed by atoms with Gasteiger partial charge in [0.15, 0.2) is 0 Å². The Balaban J connectivity index is 2.21. The lowest BCUT2D eigenvalue weighted by Gasteiger charge is -2.07. The second-order valence-electron chi connectivity index (χ2n) is 3.55. The van der Waals surface area contributed by atoms with E-state index >= 15 is 0 Å². The number of benzene rings is 1. The van der Waals surface area contributed by atoms with Crippen molar-refractivity contribution in [2.24, 2.45) is 5.73 Å². The minimum Gasteiger partial charge on any atom is -0.389 e. The molecule has 1 aromatic heterocycles. The molecule has 0 atom stereocenters. The topological polar surface area (TPSA) is 50.9 Å². The molecule has 6 heteroatoms. The van der Waals surface area contributed by atoms with Crippen LogP contribution in [0.1, 0.15) is 5.56 Å². The van der Waals surface area contributed by atoms with Gasteiger partial charge in [0.05, 0.1) is 5.69 Å². The largest absolute Gasteiger partial charge is 0.389 e. The molecule has 1 heterocycles. The quantitative estimate of drug-likeness (QED) is 0.848. The highest BCUT2D eigenvalue weighted by Gasteiger charge is 2.04. The lowest BCUT2D eigenvalue weighted by Crippen LogP contribution is -2.09. The van der Waals surface area contributed by atoms with Crippen LogP contribution in [0.4, 0.5) is 15.9 Å². The maximum atomic E-state index is 13.5. The van der Waals surface area contributed by atoms with Crippen molar-refractivity contribution in [2.75, 3.05) is 5.32 Å². The van der Waals surface area contributed by atoms with E-state index < -0.39 is 5.82 Å². The van der Waals surface area contributed by atoms with Crippen LogP contribution < -0.4 is 11.1 Å². The van der Waals surface area contributed by atoms with Gasteiger partial charge >= 0.3 is 0 Å². The van der Waals surface area contributed by atoms with Crippen molar-refractivity contribution in [3.63, 3.8) is 0 Å². The molecule has 0 aliphatic heterocycles. The third-order valence-corrected chi connectivity index (χ3v) is 2.71. The van der Waals surface area contributed by atoms with Gasteiger partial charge in [-0.05, 0) is 30.3 Å². The molecule has 3 N–H and O–H groups in total. The first-order valence-corrected chi connectivity index (χ1v) is 5.83. The number of hydrogen-bond donors (Lipinski definition) is 2. The van der Waals surface area contributed by atoms with Crippen LogP contribution in [-0.4, -0.2) is 9.97 Å².